The van der Waals surface area contributed by atoms with Crippen molar-refractivity contribution in [2.75, 3.05) is 9.96 Å². The molecule has 5 rings (SSSR count). The van der Waals surface area contributed by atoms with Gasteiger partial charge in [0, 0.05) is 0 Å². The maximum atomic E-state index is 13.5. The molecule has 31 heavy (non-hydrogen) atoms. The number of carbonyl (C=O) groups excluding carboxylic acids is 2. The molecule has 2 aliphatic rings. The highest BCUT2D eigenvalue weighted by Crippen LogP contribution is 2.47. The minimum Gasteiger partial charge on any atom is -0.273 e. The number of anilines is 2. The number of hydroxylamine groups is 1. The van der Waals surface area contributed by atoms with E-state index in [-0.39, 0.29) is 11.8 Å². The summed E-state index contributed by atoms with van der Waals surface area (Å²) in [5.74, 6) is -1.34. The Morgan fingerprint density at radius 1 is 0.839 bits per heavy atom. The second-order valence-electron chi connectivity index (χ2n) is 7.74. The van der Waals surface area contributed by atoms with Crippen molar-refractivity contribution in [3.05, 3.63) is 95.6 Å². The zero-order valence-electron chi connectivity index (χ0n) is 16.8. The van der Waals surface area contributed by atoms with E-state index in [2.05, 4.69) is 6.07 Å². The first kappa shape index (κ1) is 19.0. The summed E-state index contributed by atoms with van der Waals surface area (Å²) in [6, 6.07) is 25.4. The maximum absolute atomic E-state index is 13.5. The monoisotopic (exact) mass is 409 g/mol. The van der Waals surface area contributed by atoms with Gasteiger partial charge in [0.05, 0.1) is 29.0 Å². The summed E-state index contributed by atoms with van der Waals surface area (Å²) in [5.41, 5.74) is 3.69. The molecular weight excluding hydrogens is 390 g/mol. The van der Waals surface area contributed by atoms with Gasteiger partial charge in [0.2, 0.25) is 5.91 Å². The molecule has 2 fully saturated rings. The van der Waals surface area contributed by atoms with Crippen molar-refractivity contribution in [2.45, 2.75) is 19.1 Å². The number of nitrogens with zero attached hydrogens (tertiary/aromatic N) is 3. The van der Waals surface area contributed by atoms with Gasteiger partial charge in [-0.2, -0.15) is 5.26 Å². The Labute approximate surface area is 179 Å². The molecule has 2 saturated heterocycles. The number of carbonyl (C=O) groups is 2. The lowest BCUT2D eigenvalue weighted by Crippen LogP contribution is -2.37. The SMILES string of the molecule is Cc1ccc(N2C(=O)[C@@H]3[C@H](ON(c4ccccc4)[C@H]3c3ccc(C#N)cc3)C2=O)cc1. The van der Waals surface area contributed by atoms with Crippen LogP contribution < -0.4 is 9.96 Å². The predicted molar refractivity (Wildman–Crippen MR) is 115 cm³/mol. The molecular formula is C25H19N3O3. The van der Waals surface area contributed by atoms with Gasteiger partial charge in [-0.25, -0.2) is 9.96 Å². The van der Waals surface area contributed by atoms with E-state index in [1.54, 1.807) is 29.3 Å². The summed E-state index contributed by atoms with van der Waals surface area (Å²) in [6.07, 6.45) is -0.908. The minimum atomic E-state index is -0.908. The van der Waals surface area contributed by atoms with Crippen LogP contribution in [0.5, 0.6) is 0 Å². The van der Waals surface area contributed by atoms with Gasteiger partial charge in [-0.05, 0) is 48.9 Å². The van der Waals surface area contributed by atoms with Crippen LogP contribution in [0.25, 0.3) is 0 Å². The summed E-state index contributed by atoms with van der Waals surface area (Å²) in [6.45, 7) is 1.95. The normalized spacial score (nSPS) is 22.5. The lowest BCUT2D eigenvalue weighted by Gasteiger charge is -2.28. The van der Waals surface area contributed by atoms with Gasteiger partial charge >= 0.3 is 0 Å². The van der Waals surface area contributed by atoms with E-state index in [1.165, 1.54) is 4.90 Å². The van der Waals surface area contributed by atoms with E-state index in [1.807, 2.05) is 61.5 Å². The van der Waals surface area contributed by atoms with Gasteiger partial charge in [-0.15, -0.1) is 0 Å². The van der Waals surface area contributed by atoms with Crippen molar-refractivity contribution in [1.29, 1.82) is 5.26 Å². The molecule has 2 amide bonds. The highest BCUT2D eigenvalue weighted by Gasteiger charge is 2.60. The zero-order chi connectivity index (χ0) is 21.5. The number of rotatable bonds is 3. The summed E-state index contributed by atoms with van der Waals surface area (Å²) in [5, 5.41) is 10.8. The fraction of sp³-hybridized carbons (Fsp3) is 0.160. The van der Waals surface area contributed by atoms with E-state index in [0.29, 0.717) is 11.3 Å². The molecule has 0 N–H and O–H groups in total. The lowest BCUT2D eigenvalue weighted by molar-refractivity contribution is -0.126. The summed E-state index contributed by atoms with van der Waals surface area (Å²) < 4.78 is 0. The molecule has 2 aliphatic heterocycles. The number of hydrogen-bond acceptors (Lipinski definition) is 5. The molecule has 3 aromatic carbocycles. The third-order valence-corrected chi connectivity index (χ3v) is 5.80. The van der Waals surface area contributed by atoms with E-state index >= 15 is 0 Å². The Hall–Kier alpha value is -3.95. The van der Waals surface area contributed by atoms with Crippen molar-refractivity contribution in [3.63, 3.8) is 0 Å². The topological polar surface area (TPSA) is 73.6 Å². The van der Waals surface area contributed by atoms with Gasteiger partial charge in [0.15, 0.2) is 6.10 Å². The molecule has 2 heterocycles. The molecule has 0 radical (unpaired) electrons. The van der Waals surface area contributed by atoms with Crippen LogP contribution >= 0.6 is 0 Å². The number of benzene rings is 3. The molecule has 0 aliphatic carbocycles. The highest BCUT2D eigenvalue weighted by molar-refractivity contribution is 6.23. The molecule has 0 spiro atoms. The second-order valence-corrected chi connectivity index (χ2v) is 7.74. The minimum absolute atomic E-state index is 0.286. The van der Waals surface area contributed by atoms with Gasteiger partial charge in [-0.3, -0.25) is 14.4 Å². The molecule has 0 unspecified atom stereocenters. The molecule has 152 valence electrons. The highest BCUT2D eigenvalue weighted by atomic mass is 16.7. The first-order valence-electron chi connectivity index (χ1n) is 10.0. The summed E-state index contributed by atoms with van der Waals surface area (Å²) >= 11 is 0. The third kappa shape index (κ3) is 3.07. The summed E-state index contributed by atoms with van der Waals surface area (Å²) in [4.78, 5) is 34.1. The van der Waals surface area contributed by atoms with Gasteiger partial charge in [-0.1, -0.05) is 48.0 Å². The van der Waals surface area contributed by atoms with Gasteiger partial charge < -0.3 is 0 Å². The average Bonchev–Trinajstić information content (AvgIpc) is 3.31. The van der Waals surface area contributed by atoms with Crippen molar-refractivity contribution in [3.8, 4) is 6.07 Å². The number of para-hydroxylation sites is 1. The molecule has 0 bridgehead atoms. The number of nitriles is 1. The summed E-state index contributed by atoms with van der Waals surface area (Å²) in [7, 11) is 0. The first-order chi connectivity index (χ1) is 15.1. The van der Waals surface area contributed by atoms with Crippen LogP contribution in [0.1, 0.15) is 22.7 Å². The number of hydrogen-bond donors (Lipinski definition) is 0. The van der Waals surface area contributed by atoms with Crippen molar-refractivity contribution < 1.29 is 14.4 Å². The van der Waals surface area contributed by atoms with Gasteiger partial charge in [0.1, 0.15) is 5.92 Å². The van der Waals surface area contributed by atoms with E-state index < -0.39 is 18.1 Å². The molecule has 3 aromatic rings. The number of amides is 2. The van der Waals surface area contributed by atoms with Crippen molar-refractivity contribution in [2.24, 2.45) is 5.92 Å². The Morgan fingerprint density at radius 2 is 1.52 bits per heavy atom. The molecule has 0 saturated carbocycles. The average molecular weight is 409 g/mol. The quantitative estimate of drug-likeness (QED) is 0.613. The van der Waals surface area contributed by atoms with E-state index in [9.17, 15) is 9.59 Å². The fourth-order valence-electron chi connectivity index (χ4n) is 4.26. The smallest absolute Gasteiger partial charge is 0.266 e. The number of aryl methyl sites for hydroxylation is 1. The molecule has 0 aromatic heterocycles. The maximum Gasteiger partial charge on any atom is 0.266 e. The fourth-order valence-corrected chi connectivity index (χ4v) is 4.26. The van der Waals surface area contributed by atoms with Crippen LogP contribution in [0.15, 0.2) is 78.9 Å². The molecule has 6 nitrogen and oxygen atoms in total. The van der Waals surface area contributed by atoms with E-state index in [4.69, 9.17) is 10.1 Å². The first-order valence-corrected chi connectivity index (χ1v) is 10.0. The molecule has 3 atom stereocenters. The predicted octanol–water partition coefficient (Wildman–Crippen LogP) is 3.92. The van der Waals surface area contributed by atoms with Crippen LogP contribution in [0.4, 0.5) is 11.4 Å². The van der Waals surface area contributed by atoms with Crippen molar-refractivity contribution in [1.82, 2.24) is 0 Å². The van der Waals surface area contributed by atoms with Crippen LogP contribution in [-0.4, -0.2) is 17.9 Å². The van der Waals surface area contributed by atoms with Gasteiger partial charge in [0.25, 0.3) is 5.91 Å². The zero-order valence-corrected chi connectivity index (χ0v) is 16.8. The van der Waals surface area contributed by atoms with Crippen molar-refractivity contribution >= 4 is 23.2 Å². The Kier molecular flexibility index (Phi) is 4.54. The second kappa shape index (κ2) is 7.38. The largest absolute Gasteiger partial charge is 0.273 e. The molecule has 6 heteroatoms. The Balaban J connectivity index is 1.58. The van der Waals surface area contributed by atoms with E-state index in [0.717, 1.165) is 16.8 Å². The Morgan fingerprint density at radius 3 is 2.16 bits per heavy atom. The Bertz CT molecular complexity index is 1180. The van der Waals surface area contributed by atoms with Crippen LogP contribution in [0.2, 0.25) is 0 Å². The van der Waals surface area contributed by atoms with Crippen LogP contribution in [-0.2, 0) is 14.4 Å². The van der Waals surface area contributed by atoms with Crippen LogP contribution in [0, 0.1) is 24.2 Å². The standard InChI is InChI=1S/C25H19N3O3/c1-16-7-13-19(14-8-16)27-24(29)21-22(18-11-9-17(15-26)10-12-18)28(31-23(21)25(27)30)20-5-3-2-4-6-20/h2-14,21-23H,1H3/t21-,22-,23-/m0/s1. The number of imide groups is 1. The van der Waals surface area contributed by atoms with Crippen LogP contribution in [0.3, 0.4) is 0 Å². The third-order valence-electron chi connectivity index (χ3n) is 5.80. The lowest BCUT2D eigenvalue weighted by atomic mass is 9.90. The number of fused-ring (bicyclic) bond motifs is 1.